The third-order valence-electron chi connectivity index (χ3n) is 5.19. The van der Waals surface area contributed by atoms with Crippen LogP contribution in [-0.2, 0) is 9.53 Å². The average Bonchev–Trinajstić information content (AvgIpc) is 2.72. The second-order valence-electron chi connectivity index (χ2n) is 7.06. The summed E-state index contributed by atoms with van der Waals surface area (Å²) in [7, 11) is 0. The van der Waals surface area contributed by atoms with Crippen LogP contribution in [0, 0.1) is 0 Å². The van der Waals surface area contributed by atoms with Crippen molar-refractivity contribution in [2.75, 3.05) is 37.7 Å². The van der Waals surface area contributed by atoms with Crippen LogP contribution in [0.25, 0.3) is 0 Å². The number of rotatable bonds is 6. The van der Waals surface area contributed by atoms with Gasteiger partial charge in [0.25, 0.3) is 0 Å². The number of carbonyl (C=O) groups is 1. The van der Waals surface area contributed by atoms with E-state index in [0.717, 1.165) is 19.6 Å². The molecule has 142 valence electrons. The minimum Gasteiger partial charge on any atom is -0.464 e. The van der Waals surface area contributed by atoms with Crippen molar-refractivity contribution < 1.29 is 9.53 Å². The molecule has 0 N–H and O–H groups in total. The van der Waals surface area contributed by atoms with Crippen molar-refractivity contribution in [1.29, 1.82) is 0 Å². The topological polar surface area (TPSA) is 32.8 Å². The Morgan fingerprint density at radius 1 is 0.889 bits per heavy atom. The fraction of sp³-hybridized carbons (Fsp3) is 0.409. The van der Waals surface area contributed by atoms with E-state index in [1.165, 1.54) is 40.4 Å². The van der Waals surface area contributed by atoms with Crippen molar-refractivity contribution in [3.8, 4) is 0 Å². The second-order valence-corrected chi connectivity index (χ2v) is 8.15. The van der Waals surface area contributed by atoms with E-state index < -0.39 is 0 Å². The van der Waals surface area contributed by atoms with Gasteiger partial charge in [-0.1, -0.05) is 42.4 Å². The van der Waals surface area contributed by atoms with E-state index in [0.29, 0.717) is 19.6 Å². The molecule has 2 aliphatic rings. The van der Waals surface area contributed by atoms with E-state index in [9.17, 15) is 4.79 Å². The van der Waals surface area contributed by atoms with Gasteiger partial charge in [0, 0.05) is 22.9 Å². The highest BCUT2D eigenvalue weighted by atomic mass is 32.2. The molecule has 0 radical (unpaired) electrons. The van der Waals surface area contributed by atoms with E-state index in [4.69, 9.17) is 4.74 Å². The van der Waals surface area contributed by atoms with Crippen LogP contribution < -0.4 is 4.90 Å². The summed E-state index contributed by atoms with van der Waals surface area (Å²) < 4.78 is 5.50. The molecule has 0 unspecified atom stereocenters. The standard InChI is InChI=1S/C22H26N2O2S/c25-22(26-17-16-23-13-6-1-7-14-23)12-15-24-18-8-2-4-10-20(18)27-21-11-5-3-9-19(21)24/h2-5,8-11H,1,6-7,12-17H2. The normalized spacial score (nSPS) is 16.5. The fourth-order valence-electron chi connectivity index (χ4n) is 3.77. The summed E-state index contributed by atoms with van der Waals surface area (Å²) in [6.45, 7) is 4.27. The smallest absolute Gasteiger partial charge is 0.307 e. The maximum Gasteiger partial charge on any atom is 0.307 e. The monoisotopic (exact) mass is 382 g/mol. The minimum absolute atomic E-state index is 0.111. The molecule has 0 spiro atoms. The van der Waals surface area contributed by atoms with Gasteiger partial charge in [0.1, 0.15) is 6.61 Å². The van der Waals surface area contributed by atoms with Crippen molar-refractivity contribution in [3.63, 3.8) is 0 Å². The van der Waals surface area contributed by atoms with Gasteiger partial charge in [0.15, 0.2) is 0 Å². The lowest BCUT2D eigenvalue weighted by atomic mass is 10.1. The van der Waals surface area contributed by atoms with Gasteiger partial charge in [-0.15, -0.1) is 0 Å². The Morgan fingerprint density at radius 2 is 1.52 bits per heavy atom. The summed E-state index contributed by atoms with van der Waals surface area (Å²) in [5.41, 5.74) is 2.34. The maximum absolute atomic E-state index is 12.3. The predicted octanol–water partition coefficient (Wildman–Crippen LogP) is 4.71. The first-order chi connectivity index (χ1) is 13.3. The Hall–Kier alpha value is -1.98. The third kappa shape index (κ3) is 4.47. The van der Waals surface area contributed by atoms with Crippen LogP contribution in [0.1, 0.15) is 25.7 Å². The third-order valence-corrected chi connectivity index (χ3v) is 6.32. The first-order valence-corrected chi connectivity index (χ1v) is 10.6. The molecule has 2 aromatic carbocycles. The van der Waals surface area contributed by atoms with Gasteiger partial charge in [-0.25, -0.2) is 0 Å². The molecular formula is C22H26N2O2S. The maximum atomic E-state index is 12.3. The van der Waals surface area contributed by atoms with Gasteiger partial charge >= 0.3 is 5.97 Å². The van der Waals surface area contributed by atoms with Crippen molar-refractivity contribution >= 4 is 29.1 Å². The molecule has 1 saturated heterocycles. The van der Waals surface area contributed by atoms with Crippen LogP contribution in [0.15, 0.2) is 58.3 Å². The fourth-order valence-corrected chi connectivity index (χ4v) is 4.86. The van der Waals surface area contributed by atoms with Gasteiger partial charge in [-0.2, -0.15) is 0 Å². The largest absolute Gasteiger partial charge is 0.464 e. The van der Waals surface area contributed by atoms with Crippen molar-refractivity contribution in [1.82, 2.24) is 4.90 Å². The number of nitrogens with zero attached hydrogens (tertiary/aromatic N) is 2. The highest BCUT2D eigenvalue weighted by Gasteiger charge is 2.23. The Kier molecular flexibility index (Phi) is 6.00. The van der Waals surface area contributed by atoms with E-state index in [-0.39, 0.29) is 5.97 Å². The highest BCUT2D eigenvalue weighted by Crippen LogP contribution is 2.47. The first kappa shape index (κ1) is 18.4. The minimum atomic E-state index is -0.111. The summed E-state index contributed by atoms with van der Waals surface area (Å²) in [5.74, 6) is -0.111. The lowest BCUT2D eigenvalue weighted by Gasteiger charge is -2.32. The average molecular weight is 383 g/mol. The molecule has 5 heteroatoms. The quantitative estimate of drug-likeness (QED) is 0.676. The summed E-state index contributed by atoms with van der Waals surface area (Å²) in [4.78, 5) is 19.4. The van der Waals surface area contributed by atoms with Gasteiger partial charge in [0.05, 0.1) is 17.8 Å². The van der Waals surface area contributed by atoms with Crippen LogP contribution in [0.5, 0.6) is 0 Å². The van der Waals surface area contributed by atoms with Crippen LogP contribution >= 0.6 is 11.8 Å². The Balaban J connectivity index is 1.34. The lowest BCUT2D eigenvalue weighted by molar-refractivity contribution is -0.143. The number of carbonyl (C=O) groups excluding carboxylic acids is 1. The van der Waals surface area contributed by atoms with Gasteiger partial charge < -0.3 is 9.64 Å². The Labute approximate surface area is 165 Å². The summed E-state index contributed by atoms with van der Waals surface area (Å²) >= 11 is 1.79. The van der Waals surface area contributed by atoms with E-state index >= 15 is 0 Å². The molecule has 2 aromatic rings. The zero-order valence-electron chi connectivity index (χ0n) is 15.6. The van der Waals surface area contributed by atoms with Crippen molar-refractivity contribution in [2.24, 2.45) is 0 Å². The molecule has 0 amide bonds. The number of fused-ring (bicyclic) bond motifs is 2. The Bertz CT molecular complexity index is 744. The molecule has 1 fully saturated rings. The lowest BCUT2D eigenvalue weighted by Crippen LogP contribution is -2.33. The molecule has 0 saturated carbocycles. The number of ether oxygens (including phenoxy) is 1. The molecule has 0 aliphatic carbocycles. The number of para-hydroxylation sites is 2. The molecular weight excluding hydrogens is 356 g/mol. The van der Waals surface area contributed by atoms with Crippen LogP contribution in [0.4, 0.5) is 11.4 Å². The molecule has 2 aliphatic heterocycles. The first-order valence-electron chi connectivity index (χ1n) is 9.83. The number of hydrogen-bond donors (Lipinski definition) is 0. The summed E-state index contributed by atoms with van der Waals surface area (Å²) in [6, 6.07) is 16.8. The van der Waals surface area contributed by atoms with Gasteiger partial charge in [-0.05, 0) is 50.2 Å². The molecule has 0 atom stereocenters. The number of hydrogen-bond acceptors (Lipinski definition) is 5. The summed E-state index contributed by atoms with van der Waals surface area (Å²) in [5, 5.41) is 0. The van der Waals surface area contributed by atoms with Gasteiger partial charge in [-0.3, -0.25) is 9.69 Å². The number of piperidine rings is 1. The zero-order chi connectivity index (χ0) is 18.5. The molecule has 4 rings (SSSR count). The van der Waals surface area contributed by atoms with Crippen LogP contribution in [0.3, 0.4) is 0 Å². The van der Waals surface area contributed by atoms with Gasteiger partial charge in [0.2, 0.25) is 0 Å². The zero-order valence-corrected chi connectivity index (χ0v) is 16.4. The highest BCUT2D eigenvalue weighted by molar-refractivity contribution is 7.99. The van der Waals surface area contributed by atoms with E-state index in [2.05, 4.69) is 58.3 Å². The van der Waals surface area contributed by atoms with Crippen molar-refractivity contribution in [2.45, 2.75) is 35.5 Å². The summed E-state index contributed by atoms with van der Waals surface area (Å²) in [6.07, 6.45) is 4.25. The molecule has 27 heavy (non-hydrogen) atoms. The number of anilines is 2. The molecule has 2 heterocycles. The molecule has 0 bridgehead atoms. The van der Waals surface area contributed by atoms with E-state index in [1.807, 2.05) is 0 Å². The second kappa shape index (κ2) is 8.81. The predicted molar refractivity (Wildman–Crippen MR) is 110 cm³/mol. The molecule has 4 nitrogen and oxygen atoms in total. The van der Waals surface area contributed by atoms with Crippen LogP contribution in [-0.4, -0.2) is 43.7 Å². The van der Waals surface area contributed by atoms with E-state index in [1.54, 1.807) is 11.8 Å². The Morgan fingerprint density at radius 3 is 2.19 bits per heavy atom. The van der Waals surface area contributed by atoms with Crippen molar-refractivity contribution in [3.05, 3.63) is 48.5 Å². The van der Waals surface area contributed by atoms with Crippen LogP contribution in [0.2, 0.25) is 0 Å². The molecule has 0 aromatic heterocycles. The SMILES string of the molecule is O=C(CCN1c2ccccc2Sc2ccccc21)OCCN1CCCCC1. The number of likely N-dealkylation sites (tertiary alicyclic amines) is 1. The number of esters is 1. The number of benzene rings is 2.